The number of carbonyl (C=O) groups excluding carboxylic acids is 4. The van der Waals surface area contributed by atoms with Crippen LogP contribution in [0.3, 0.4) is 0 Å². The Morgan fingerprint density at radius 1 is 0.556 bits per heavy atom. The van der Waals surface area contributed by atoms with Crippen LogP contribution in [-0.2, 0) is 25.4 Å². The zero-order chi connectivity index (χ0) is 39.4. The number of hydrogen-bond donors (Lipinski definition) is 0. The van der Waals surface area contributed by atoms with E-state index in [2.05, 4.69) is 54.6 Å². The van der Waals surface area contributed by atoms with Crippen LogP contribution in [-0.4, -0.2) is 94.8 Å². The highest BCUT2D eigenvalue weighted by atomic mass is 16.6. The summed E-state index contributed by atoms with van der Waals surface area (Å²) in [6.07, 6.45) is 1.05. The Balaban J connectivity index is 1.35. The van der Waals surface area contributed by atoms with Crippen molar-refractivity contribution in [1.29, 1.82) is 0 Å². The second kappa shape index (κ2) is 16.4. The van der Waals surface area contributed by atoms with E-state index >= 15 is 0 Å². The highest BCUT2D eigenvalue weighted by Crippen LogP contribution is 2.36. The second-order valence-electron chi connectivity index (χ2n) is 17.6. The molecule has 0 atom stereocenters. The quantitative estimate of drug-likeness (QED) is 0.148. The predicted molar refractivity (Wildman–Crippen MR) is 214 cm³/mol. The first-order valence-corrected chi connectivity index (χ1v) is 19.4. The fourth-order valence-corrected chi connectivity index (χ4v) is 7.11. The van der Waals surface area contributed by atoms with E-state index in [1.807, 2.05) is 41.5 Å². The SMILES string of the molecule is CC(C)(C)OC(=O)N1CCC(C(=O)CCCc2ccc3ccc4cccc5ccc2c3c45)CCN(C(=O)OC(C)(C)C)CCN(C(=O)OC(C)(C)C)CC1. The minimum atomic E-state index is -0.732. The molecule has 0 saturated carbocycles. The molecule has 4 aromatic rings. The molecule has 0 unspecified atom stereocenters. The molecule has 0 spiro atoms. The molecule has 0 bridgehead atoms. The van der Waals surface area contributed by atoms with Crippen molar-refractivity contribution in [3.05, 3.63) is 60.2 Å². The summed E-state index contributed by atoms with van der Waals surface area (Å²) in [6.45, 7) is 17.5. The maximum absolute atomic E-state index is 14.1. The Bertz CT molecular complexity index is 1890. The van der Waals surface area contributed by atoms with Gasteiger partial charge in [-0.25, -0.2) is 14.4 Å². The van der Waals surface area contributed by atoms with Crippen molar-refractivity contribution in [1.82, 2.24) is 14.7 Å². The Kier molecular flexibility index (Phi) is 12.3. The summed E-state index contributed by atoms with van der Waals surface area (Å²) in [4.78, 5) is 59.0. The van der Waals surface area contributed by atoms with E-state index < -0.39 is 41.0 Å². The number of hydrogen-bond acceptors (Lipinski definition) is 7. The highest BCUT2D eigenvalue weighted by Gasteiger charge is 2.31. The maximum Gasteiger partial charge on any atom is 0.410 e. The van der Waals surface area contributed by atoms with Gasteiger partial charge in [-0.2, -0.15) is 0 Å². The van der Waals surface area contributed by atoms with Crippen LogP contribution in [0.1, 0.15) is 93.6 Å². The van der Waals surface area contributed by atoms with Gasteiger partial charge in [0.1, 0.15) is 22.6 Å². The number of amides is 3. The fourth-order valence-electron chi connectivity index (χ4n) is 7.11. The van der Waals surface area contributed by atoms with Gasteiger partial charge >= 0.3 is 18.3 Å². The lowest BCUT2D eigenvalue weighted by Gasteiger charge is -2.34. The molecular formula is C44H59N3O7. The van der Waals surface area contributed by atoms with Crippen molar-refractivity contribution in [3.63, 3.8) is 0 Å². The summed E-state index contributed by atoms with van der Waals surface area (Å²) in [5, 5.41) is 7.41. The summed E-state index contributed by atoms with van der Waals surface area (Å²) in [7, 11) is 0. The lowest BCUT2D eigenvalue weighted by atomic mass is 9.89. The number of benzene rings is 4. The Morgan fingerprint density at radius 2 is 0.963 bits per heavy atom. The zero-order valence-corrected chi connectivity index (χ0v) is 33.8. The molecular weight excluding hydrogens is 682 g/mol. The largest absolute Gasteiger partial charge is 0.444 e. The normalized spacial score (nSPS) is 16.0. The van der Waals surface area contributed by atoms with E-state index in [0.717, 1.165) is 6.42 Å². The van der Waals surface area contributed by atoms with Crippen molar-refractivity contribution >= 4 is 56.4 Å². The Morgan fingerprint density at radius 3 is 1.43 bits per heavy atom. The summed E-state index contributed by atoms with van der Waals surface area (Å²) >= 11 is 0. The molecule has 5 rings (SSSR count). The van der Waals surface area contributed by atoms with Crippen LogP contribution >= 0.6 is 0 Å². The first-order chi connectivity index (χ1) is 25.3. The van der Waals surface area contributed by atoms with Crippen LogP contribution in [0.25, 0.3) is 32.3 Å². The molecule has 54 heavy (non-hydrogen) atoms. The minimum absolute atomic E-state index is 0.105. The van der Waals surface area contributed by atoms with Gasteiger partial charge < -0.3 is 28.9 Å². The third-order valence-electron chi connectivity index (χ3n) is 9.67. The van der Waals surface area contributed by atoms with Crippen molar-refractivity contribution in [2.75, 3.05) is 39.3 Å². The molecule has 292 valence electrons. The first kappa shape index (κ1) is 40.6. The van der Waals surface area contributed by atoms with Crippen molar-refractivity contribution in [2.24, 2.45) is 5.92 Å². The number of nitrogens with zero attached hydrogens (tertiary/aromatic N) is 3. The second-order valence-corrected chi connectivity index (χ2v) is 17.6. The van der Waals surface area contributed by atoms with E-state index in [4.69, 9.17) is 14.2 Å². The van der Waals surface area contributed by atoms with Crippen LogP contribution in [0.4, 0.5) is 14.4 Å². The number of rotatable bonds is 5. The molecule has 3 amide bonds. The summed E-state index contributed by atoms with van der Waals surface area (Å²) in [5.41, 5.74) is -0.960. The van der Waals surface area contributed by atoms with Crippen LogP contribution in [0.2, 0.25) is 0 Å². The van der Waals surface area contributed by atoms with Gasteiger partial charge in [0.2, 0.25) is 0 Å². The van der Waals surface area contributed by atoms with E-state index in [0.29, 0.717) is 25.7 Å². The molecule has 4 aromatic carbocycles. The van der Waals surface area contributed by atoms with Gasteiger partial charge in [-0.1, -0.05) is 54.6 Å². The molecule has 1 aliphatic rings. The van der Waals surface area contributed by atoms with Crippen LogP contribution in [0.5, 0.6) is 0 Å². The van der Waals surface area contributed by atoms with Crippen molar-refractivity contribution < 1.29 is 33.4 Å². The number of ketones is 1. The van der Waals surface area contributed by atoms with Gasteiger partial charge in [0.25, 0.3) is 0 Å². The molecule has 0 N–H and O–H groups in total. The van der Waals surface area contributed by atoms with Crippen molar-refractivity contribution in [2.45, 2.75) is 111 Å². The summed E-state index contributed by atoms with van der Waals surface area (Å²) in [6, 6.07) is 19.5. The number of carbonyl (C=O) groups is 4. The van der Waals surface area contributed by atoms with Gasteiger partial charge in [-0.3, -0.25) is 4.79 Å². The molecule has 0 aliphatic carbocycles. The van der Waals surface area contributed by atoms with Gasteiger partial charge in [0.15, 0.2) is 0 Å². The predicted octanol–water partition coefficient (Wildman–Crippen LogP) is 9.60. The topological polar surface area (TPSA) is 106 Å². The molecule has 1 saturated heterocycles. The number of Topliss-reactive ketones (excluding diaryl/α,β-unsaturated/α-hetero) is 1. The summed E-state index contributed by atoms with van der Waals surface area (Å²) in [5.74, 6) is -0.295. The lowest BCUT2D eigenvalue weighted by Crippen LogP contribution is -2.49. The Hall–Kier alpha value is -4.60. The first-order valence-electron chi connectivity index (χ1n) is 19.4. The van der Waals surface area contributed by atoms with Gasteiger partial charge in [0.05, 0.1) is 0 Å². The molecule has 1 fully saturated rings. The third kappa shape index (κ3) is 10.8. The monoisotopic (exact) mass is 741 g/mol. The molecule has 1 heterocycles. The average molecular weight is 742 g/mol. The minimum Gasteiger partial charge on any atom is -0.444 e. The summed E-state index contributed by atoms with van der Waals surface area (Å²) < 4.78 is 17.2. The molecule has 0 aromatic heterocycles. The zero-order valence-electron chi connectivity index (χ0n) is 33.8. The van der Waals surface area contributed by atoms with Crippen LogP contribution < -0.4 is 0 Å². The average Bonchev–Trinajstić information content (AvgIpc) is 3.05. The maximum atomic E-state index is 14.1. The van der Waals surface area contributed by atoms with Crippen LogP contribution in [0.15, 0.2) is 54.6 Å². The van der Waals surface area contributed by atoms with Gasteiger partial charge in [0, 0.05) is 51.6 Å². The fraction of sp³-hybridized carbons (Fsp3) is 0.545. The van der Waals surface area contributed by atoms with Gasteiger partial charge in [-0.05, 0) is 126 Å². The molecule has 10 heteroatoms. The van der Waals surface area contributed by atoms with E-state index in [9.17, 15) is 19.2 Å². The van der Waals surface area contributed by atoms with Gasteiger partial charge in [-0.15, -0.1) is 0 Å². The smallest absolute Gasteiger partial charge is 0.410 e. The van der Waals surface area contributed by atoms with E-state index in [-0.39, 0.29) is 45.1 Å². The van der Waals surface area contributed by atoms with E-state index in [1.165, 1.54) is 42.8 Å². The standard InChI is InChI=1S/C44H59N3O7/c1-42(2,3)52-39(49)45-24-22-31(23-25-46(40(50)53-43(4,5)6)27-29-47(28-26-45)41(51)54-44(7,8)9)36(48)15-11-12-30-16-17-34-19-18-32-13-10-14-33-20-21-35(30)38(34)37(32)33/h10,13-14,16-21,31H,11-12,15,22-29H2,1-9H3. The van der Waals surface area contributed by atoms with Crippen molar-refractivity contribution in [3.8, 4) is 0 Å². The Labute approximate surface area is 320 Å². The molecule has 10 nitrogen and oxygen atoms in total. The van der Waals surface area contributed by atoms with Crippen LogP contribution in [0, 0.1) is 5.92 Å². The third-order valence-corrected chi connectivity index (χ3v) is 9.67. The molecule has 1 aliphatic heterocycles. The lowest BCUT2D eigenvalue weighted by molar-refractivity contribution is -0.123. The number of ether oxygens (including phenoxy) is 3. The number of aryl methyl sites for hydroxylation is 1. The highest BCUT2D eigenvalue weighted by molar-refractivity contribution is 6.23. The van der Waals surface area contributed by atoms with E-state index in [1.54, 1.807) is 30.6 Å². The molecule has 0 radical (unpaired) electrons.